The number of carbonyl (C=O) groups excluding carboxylic acids is 1. The summed E-state index contributed by atoms with van der Waals surface area (Å²) in [6.45, 7) is 0.351. The molecule has 0 fully saturated rings. The molecule has 0 atom stereocenters. The first-order chi connectivity index (χ1) is 12.5. The lowest BCUT2D eigenvalue weighted by Gasteiger charge is -2.19. The van der Waals surface area contributed by atoms with E-state index in [4.69, 9.17) is 14.7 Å². The van der Waals surface area contributed by atoms with Crippen molar-refractivity contribution in [1.29, 1.82) is 5.26 Å². The van der Waals surface area contributed by atoms with Crippen LogP contribution in [0.4, 0.5) is 11.4 Å². The molecule has 0 saturated heterocycles. The van der Waals surface area contributed by atoms with Crippen LogP contribution >= 0.6 is 0 Å². The van der Waals surface area contributed by atoms with Gasteiger partial charge in [0, 0.05) is 17.8 Å². The lowest BCUT2D eigenvalue weighted by molar-refractivity contribution is -0.385. The van der Waals surface area contributed by atoms with Gasteiger partial charge in [0.15, 0.2) is 11.5 Å². The van der Waals surface area contributed by atoms with Crippen LogP contribution in [0.1, 0.15) is 5.56 Å². The van der Waals surface area contributed by atoms with Gasteiger partial charge in [0.05, 0.1) is 11.1 Å². The molecule has 26 heavy (non-hydrogen) atoms. The first kappa shape index (κ1) is 17.0. The Hall–Kier alpha value is -3.87. The Balaban J connectivity index is 1.80. The number of rotatable bonds is 4. The van der Waals surface area contributed by atoms with Crippen LogP contribution in [0, 0.1) is 21.4 Å². The number of nitrogens with zero attached hydrogens (tertiary/aromatic N) is 3. The van der Waals surface area contributed by atoms with Crippen LogP contribution in [-0.2, 0) is 11.3 Å². The van der Waals surface area contributed by atoms with Crippen LogP contribution in [0.25, 0.3) is 0 Å². The summed E-state index contributed by atoms with van der Waals surface area (Å²) < 4.78 is 11.6. The van der Waals surface area contributed by atoms with Gasteiger partial charge < -0.3 is 14.8 Å². The van der Waals surface area contributed by atoms with Crippen LogP contribution in [0.3, 0.4) is 0 Å². The minimum atomic E-state index is -0.782. The van der Waals surface area contributed by atoms with Crippen molar-refractivity contribution in [3.8, 4) is 17.6 Å². The number of fused-ring (bicyclic) bond motifs is 1. The highest BCUT2D eigenvalue weighted by atomic mass is 16.6. The van der Waals surface area contributed by atoms with Crippen molar-refractivity contribution in [3.05, 3.63) is 56.5 Å². The molecule has 0 radical (unpaired) electrons. The number of anilines is 1. The third-order valence-corrected chi connectivity index (χ3v) is 3.54. The number of carbonyl (C=O) groups is 1. The zero-order valence-corrected chi connectivity index (χ0v) is 13.3. The molecule has 0 aliphatic carbocycles. The number of aromatic nitrogens is 1. The third-order valence-electron chi connectivity index (χ3n) is 3.54. The zero-order chi connectivity index (χ0) is 18.7. The normalized spacial score (nSPS) is 12.1. The van der Waals surface area contributed by atoms with E-state index >= 15 is 0 Å². The van der Waals surface area contributed by atoms with E-state index in [2.05, 4.69) is 5.32 Å². The molecule has 1 aromatic heterocycles. The number of nitro groups is 1. The molecule has 1 aromatic carbocycles. The van der Waals surface area contributed by atoms with Crippen molar-refractivity contribution in [3.63, 3.8) is 0 Å². The molecular weight excluding hydrogens is 344 g/mol. The van der Waals surface area contributed by atoms with E-state index in [-0.39, 0.29) is 0 Å². The summed E-state index contributed by atoms with van der Waals surface area (Å²) in [6, 6.07) is 7.27. The maximum atomic E-state index is 12.2. The number of benzene rings is 1. The zero-order valence-electron chi connectivity index (χ0n) is 13.3. The summed E-state index contributed by atoms with van der Waals surface area (Å²) in [7, 11) is 0. The van der Waals surface area contributed by atoms with E-state index in [0.717, 1.165) is 16.8 Å². The standard InChI is InChI=1S/C16H12N4O6/c17-7-10-5-12(20(23)24)8-19(16(10)22)9-15(21)18-11-1-2-13-14(6-11)26-4-3-25-13/h1-2,5-6,8H,3-4,9H2,(H,18,21). The van der Waals surface area contributed by atoms with E-state index in [1.54, 1.807) is 24.3 Å². The first-order valence-corrected chi connectivity index (χ1v) is 7.46. The number of hydrogen-bond acceptors (Lipinski definition) is 7. The molecule has 3 rings (SSSR count). The molecule has 0 saturated carbocycles. The van der Waals surface area contributed by atoms with Crippen molar-refractivity contribution >= 4 is 17.3 Å². The largest absolute Gasteiger partial charge is 0.486 e. The number of ether oxygens (including phenoxy) is 2. The van der Waals surface area contributed by atoms with Crippen LogP contribution in [0.2, 0.25) is 0 Å². The number of nitrogens with one attached hydrogen (secondary N) is 1. The molecule has 1 aliphatic heterocycles. The lowest BCUT2D eigenvalue weighted by Crippen LogP contribution is -2.29. The third kappa shape index (κ3) is 3.46. The van der Waals surface area contributed by atoms with Crippen molar-refractivity contribution < 1.29 is 19.2 Å². The minimum Gasteiger partial charge on any atom is -0.486 e. The van der Waals surface area contributed by atoms with Gasteiger partial charge in [0.25, 0.3) is 11.2 Å². The predicted molar refractivity (Wildman–Crippen MR) is 88.1 cm³/mol. The molecule has 2 aromatic rings. The van der Waals surface area contributed by atoms with Gasteiger partial charge in [-0.15, -0.1) is 0 Å². The van der Waals surface area contributed by atoms with Crippen LogP contribution in [0.5, 0.6) is 11.5 Å². The van der Waals surface area contributed by atoms with Gasteiger partial charge in [-0.3, -0.25) is 24.3 Å². The quantitative estimate of drug-likeness (QED) is 0.638. The molecule has 1 aliphatic rings. The Kier molecular flexibility index (Phi) is 4.53. The second-order valence-corrected chi connectivity index (χ2v) is 5.32. The average Bonchev–Trinajstić information content (AvgIpc) is 2.63. The van der Waals surface area contributed by atoms with Crippen LogP contribution in [-0.4, -0.2) is 28.6 Å². The predicted octanol–water partition coefficient (Wildman–Crippen LogP) is 1.04. The Bertz CT molecular complexity index is 991. The second-order valence-electron chi connectivity index (χ2n) is 5.32. The van der Waals surface area contributed by atoms with Crippen LogP contribution in [0.15, 0.2) is 35.3 Å². The molecule has 132 valence electrons. The molecule has 2 heterocycles. The summed E-state index contributed by atoms with van der Waals surface area (Å²) in [5, 5.41) is 22.4. The maximum Gasteiger partial charge on any atom is 0.287 e. The van der Waals surface area contributed by atoms with Crippen molar-refractivity contribution in [2.75, 3.05) is 18.5 Å². The summed E-state index contributed by atoms with van der Waals surface area (Å²) in [6.07, 6.45) is 0.923. The Labute approximate surface area is 146 Å². The highest BCUT2D eigenvalue weighted by molar-refractivity contribution is 5.91. The fourth-order valence-electron chi connectivity index (χ4n) is 2.39. The minimum absolute atomic E-state index is 0.393. The number of hydrogen-bond donors (Lipinski definition) is 1. The van der Waals surface area contributed by atoms with Crippen molar-refractivity contribution in [1.82, 2.24) is 4.57 Å². The smallest absolute Gasteiger partial charge is 0.287 e. The summed E-state index contributed by atoms with van der Waals surface area (Å²) >= 11 is 0. The second kappa shape index (κ2) is 6.94. The van der Waals surface area contributed by atoms with Gasteiger partial charge in [-0.25, -0.2) is 0 Å². The van der Waals surface area contributed by atoms with Gasteiger partial charge in [0.2, 0.25) is 5.91 Å². The fraction of sp³-hybridized carbons (Fsp3) is 0.188. The molecule has 0 bridgehead atoms. The molecule has 1 N–H and O–H groups in total. The first-order valence-electron chi connectivity index (χ1n) is 7.46. The van der Waals surface area contributed by atoms with Gasteiger partial charge in [-0.1, -0.05) is 0 Å². The Morgan fingerprint density at radius 2 is 2.04 bits per heavy atom. The lowest BCUT2D eigenvalue weighted by atomic mass is 10.2. The SMILES string of the molecule is N#Cc1cc([N+](=O)[O-])cn(CC(=O)Nc2ccc3c(c2)OCCO3)c1=O. The monoisotopic (exact) mass is 356 g/mol. The molecular formula is C16H12N4O6. The average molecular weight is 356 g/mol. The molecule has 1 amide bonds. The summed E-state index contributed by atoms with van der Waals surface area (Å²) in [5.74, 6) is 0.448. The van der Waals surface area contributed by atoms with Crippen molar-refractivity contribution in [2.24, 2.45) is 0 Å². The Morgan fingerprint density at radius 3 is 2.73 bits per heavy atom. The number of nitriles is 1. The van der Waals surface area contributed by atoms with E-state index in [9.17, 15) is 19.7 Å². The van der Waals surface area contributed by atoms with Gasteiger partial charge in [-0.2, -0.15) is 5.26 Å². The van der Waals surface area contributed by atoms with Gasteiger partial charge >= 0.3 is 0 Å². The molecule has 0 spiro atoms. The van der Waals surface area contributed by atoms with E-state index < -0.39 is 34.2 Å². The van der Waals surface area contributed by atoms with E-state index in [1.807, 2.05) is 0 Å². The van der Waals surface area contributed by atoms with Gasteiger partial charge in [-0.05, 0) is 12.1 Å². The Morgan fingerprint density at radius 1 is 1.31 bits per heavy atom. The van der Waals surface area contributed by atoms with Crippen molar-refractivity contribution in [2.45, 2.75) is 6.54 Å². The summed E-state index contributed by atoms with van der Waals surface area (Å²) in [4.78, 5) is 34.4. The molecule has 0 unspecified atom stereocenters. The van der Waals surface area contributed by atoms with E-state index in [1.165, 1.54) is 0 Å². The topological polar surface area (TPSA) is 136 Å². The fourth-order valence-corrected chi connectivity index (χ4v) is 2.39. The maximum absolute atomic E-state index is 12.2. The van der Waals surface area contributed by atoms with Gasteiger partial charge in [0.1, 0.15) is 31.4 Å². The van der Waals surface area contributed by atoms with Crippen LogP contribution < -0.4 is 20.3 Å². The molecule has 10 heteroatoms. The highest BCUT2D eigenvalue weighted by Crippen LogP contribution is 2.32. The molecule has 10 nitrogen and oxygen atoms in total. The highest BCUT2D eigenvalue weighted by Gasteiger charge is 2.17. The number of amides is 1. The summed E-state index contributed by atoms with van der Waals surface area (Å²) in [5.41, 5.74) is -1.23. The van der Waals surface area contributed by atoms with E-state index in [0.29, 0.717) is 30.4 Å². The number of pyridine rings is 1.